The standard InChI is InChI=1S/C29H31ClF2N6O4.CH2O2/c1-36-22(20-5-6-23(42-2)25(32)24(20)31)16-34-26(36)27(39)35-18-3-4-19(21(30)15-18)29(41)38-13-11-37(12-14-38)28(40)17-7-9-33-10-8-17;2-1-3/h3-6,15-17,33H,7-14H2,1-2H3,(H,35,39);1H,(H,2,3). The van der Waals surface area contributed by atoms with Gasteiger partial charge in [-0.3, -0.25) is 19.2 Å². The van der Waals surface area contributed by atoms with Crippen LogP contribution in [0.15, 0.2) is 36.5 Å². The van der Waals surface area contributed by atoms with E-state index < -0.39 is 17.5 Å². The number of anilines is 1. The zero-order valence-electron chi connectivity index (χ0n) is 24.7. The van der Waals surface area contributed by atoms with Crippen LogP contribution in [0, 0.1) is 17.6 Å². The van der Waals surface area contributed by atoms with Crippen molar-refractivity contribution < 1.29 is 37.8 Å². The fourth-order valence-electron chi connectivity index (χ4n) is 5.34. The first-order valence-corrected chi connectivity index (χ1v) is 14.5. The van der Waals surface area contributed by atoms with Crippen LogP contribution in [-0.2, 0) is 16.6 Å². The molecule has 2 aliphatic rings. The molecule has 12 nitrogen and oxygen atoms in total. The number of rotatable bonds is 6. The van der Waals surface area contributed by atoms with Crippen molar-refractivity contribution in [3.63, 3.8) is 0 Å². The molecule has 0 aliphatic carbocycles. The Morgan fingerprint density at radius 2 is 1.71 bits per heavy atom. The normalized spacial score (nSPS) is 15.1. The third kappa shape index (κ3) is 7.40. The molecule has 2 fully saturated rings. The molecular weight excluding hydrogens is 614 g/mol. The minimum Gasteiger partial charge on any atom is -0.494 e. The van der Waals surface area contributed by atoms with Gasteiger partial charge in [-0.05, 0) is 56.3 Å². The number of amides is 3. The van der Waals surface area contributed by atoms with E-state index >= 15 is 0 Å². The number of halogens is 3. The molecule has 2 saturated heterocycles. The molecule has 0 radical (unpaired) electrons. The number of nitrogens with zero attached hydrogens (tertiary/aromatic N) is 4. The Hall–Kier alpha value is -4.56. The molecule has 0 unspecified atom stereocenters. The Morgan fingerprint density at radius 1 is 1.07 bits per heavy atom. The Morgan fingerprint density at radius 3 is 2.33 bits per heavy atom. The third-order valence-corrected chi connectivity index (χ3v) is 8.07. The summed E-state index contributed by atoms with van der Waals surface area (Å²) in [5.41, 5.74) is 0.717. The van der Waals surface area contributed by atoms with Gasteiger partial charge in [-0.25, -0.2) is 9.37 Å². The molecule has 5 rings (SSSR count). The van der Waals surface area contributed by atoms with Crippen LogP contribution in [0.2, 0.25) is 5.02 Å². The molecule has 2 aromatic carbocycles. The quantitative estimate of drug-likeness (QED) is 0.346. The summed E-state index contributed by atoms with van der Waals surface area (Å²) in [7, 11) is 2.74. The van der Waals surface area contributed by atoms with Gasteiger partial charge in [0.05, 0.1) is 29.6 Å². The maximum absolute atomic E-state index is 14.6. The number of nitrogens with one attached hydrogen (secondary N) is 2. The molecule has 15 heteroatoms. The molecular formula is C30H33ClF2N6O6. The topological polar surface area (TPSA) is 146 Å². The van der Waals surface area contributed by atoms with Gasteiger partial charge in [-0.2, -0.15) is 4.39 Å². The summed E-state index contributed by atoms with van der Waals surface area (Å²) in [6.45, 7) is 3.20. The van der Waals surface area contributed by atoms with Crippen molar-refractivity contribution >= 4 is 41.5 Å². The monoisotopic (exact) mass is 646 g/mol. The maximum Gasteiger partial charge on any atom is 0.291 e. The zero-order chi connectivity index (χ0) is 32.7. The number of methoxy groups -OCH3 is 1. The van der Waals surface area contributed by atoms with Crippen LogP contribution in [-0.4, -0.2) is 95.0 Å². The number of carbonyl (C=O) groups is 4. The SMILES string of the molecule is COc1ccc(-c2cnc(C(=O)Nc3ccc(C(=O)N4CCN(C(=O)C5CCNCC5)CC4)c(Cl)c3)n2C)c(F)c1F.O=CO. The highest BCUT2D eigenvalue weighted by Gasteiger charge is 2.30. The Balaban J connectivity index is 0.00000148. The van der Waals surface area contributed by atoms with E-state index in [0.717, 1.165) is 25.9 Å². The van der Waals surface area contributed by atoms with E-state index in [1.165, 1.54) is 49.2 Å². The van der Waals surface area contributed by atoms with Gasteiger partial charge in [0.25, 0.3) is 18.3 Å². The fourth-order valence-corrected chi connectivity index (χ4v) is 5.60. The molecule has 3 heterocycles. The predicted octanol–water partition coefficient (Wildman–Crippen LogP) is 3.26. The summed E-state index contributed by atoms with van der Waals surface area (Å²) in [4.78, 5) is 54.9. The molecule has 3 aromatic rings. The smallest absolute Gasteiger partial charge is 0.291 e. The molecule has 2 aliphatic heterocycles. The predicted molar refractivity (Wildman–Crippen MR) is 161 cm³/mol. The van der Waals surface area contributed by atoms with Crippen molar-refractivity contribution in [2.75, 3.05) is 51.7 Å². The van der Waals surface area contributed by atoms with Gasteiger partial charge < -0.3 is 34.8 Å². The molecule has 0 bridgehead atoms. The molecule has 0 spiro atoms. The number of hydrogen-bond acceptors (Lipinski definition) is 7. The molecule has 240 valence electrons. The first-order chi connectivity index (χ1) is 21.6. The number of piperidine rings is 1. The average Bonchev–Trinajstić information content (AvgIpc) is 3.43. The molecule has 45 heavy (non-hydrogen) atoms. The summed E-state index contributed by atoms with van der Waals surface area (Å²) in [5.74, 6) is -3.21. The summed E-state index contributed by atoms with van der Waals surface area (Å²) in [5, 5.41) is 13.0. The zero-order valence-corrected chi connectivity index (χ0v) is 25.4. The van der Waals surface area contributed by atoms with E-state index in [9.17, 15) is 23.2 Å². The lowest BCUT2D eigenvalue weighted by Gasteiger charge is -2.37. The Bertz CT molecular complexity index is 1570. The fraction of sp³-hybridized carbons (Fsp3) is 0.367. The van der Waals surface area contributed by atoms with Crippen LogP contribution in [0.4, 0.5) is 14.5 Å². The first kappa shape index (κ1) is 33.3. The highest BCUT2D eigenvalue weighted by atomic mass is 35.5. The summed E-state index contributed by atoms with van der Waals surface area (Å²) >= 11 is 6.45. The van der Waals surface area contributed by atoms with Crippen LogP contribution >= 0.6 is 11.6 Å². The minimum atomic E-state index is -1.14. The minimum absolute atomic E-state index is 0.0367. The highest BCUT2D eigenvalue weighted by molar-refractivity contribution is 6.34. The van der Waals surface area contributed by atoms with Crippen molar-refractivity contribution in [1.82, 2.24) is 24.7 Å². The van der Waals surface area contributed by atoms with Crippen molar-refractivity contribution in [2.45, 2.75) is 12.8 Å². The average molecular weight is 647 g/mol. The van der Waals surface area contributed by atoms with E-state index in [0.29, 0.717) is 31.9 Å². The number of piperazine rings is 1. The van der Waals surface area contributed by atoms with Crippen LogP contribution in [0.1, 0.15) is 33.8 Å². The number of carboxylic acid groups (broad SMARTS) is 1. The van der Waals surface area contributed by atoms with Gasteiger partial charge in [0, 0.05) is 50.4 Å². The second-order valence-electron chi connectivity index (χ2n) is 10.4. The second-order valence-corrected chi connectivity index (χ2v) is 10.8. The molecule has 3 N–H and O–H groups in total. The number of ether oxygens (including phenoxy) is 1. The molecule has 0 atom stereocenters. The van der Waals surface area contributed by atoms with Gasteiger partial charge in [0.1, 0.15) is 0 Å². The molecule has 0 saturated carbocycles. The first-order valence-electron chi connectivity index (χ1n) is 14.1. The van der Waals surface area contributed by atoms with Crippen LogP contribution < -0.4 is 15.4 Å². The Kier molecular flexibility index (Phi) is 11.1. The number of benzene rings is 2. The van der Waals surface area contributed by atoms with Crippen LogP contribution in [0.3, 0.4) is 0 Å². The van der Waals surface area contributed by atoms with E-state index in [4.69, 9.17) is 26.2 Å². The molecule has 3 amide bonds. The van der Waals surface area contributed by atoms with Gasteiger partial charge in [0.15, 0.2) is 17.4 Å². The summed E-state index contributed by atoms with van der Waals surface area (Å²) < 4.78 is 35.0. The van der Waals surface area contributed by atoms with Crippen molar-refractivity contribution in [2.24, 2.45) is 13.0 Å². The van der Waals surface area contributed by atoms with Gasteiger partial charge >= 0.3 is 0 Å². The van der Waals surface area contributed by atoms with Gasteiger partial charge in [-0.15, -0.1) is 0 Å². The van der Waals surface area contributed by atoms with Crippen molar-refractivity contribution in [3.8, 4) is 17.0 Å². The Labute approximate surface area is 262 Å². The lowest BCUT2D eigenvalue weighted by molar-refractivity contribution is -0.137. The summed E-state index contributed by atoms with van der Waals surface area (Å²) in [6.07, 6.45) is 2.94. The maximum atomic E-state index is 14.6. The molecule has 1 aromatic heterocycles. The van der Waals surface area contributed by atoms with Crippen LogP contribution in [0.25, 0.3) is 11.3 Å². The van der Waals surface area contributed by atoms with E-state index in [-0.39, 0.29) is 57.6 Å². The van der Waals surface area contributed by atoms with Crippen molar-refractivity contribution in [3.05, 3.63) is 64.6 Å². The summed E-state index contributed by atoms with van der Waals surface area (Å²) in [6, 6.07) is 7.19. The van der Waals surface area contributed by atoms with Crippen LogP contribution in [0.5, 0.6) is 5.75 Å². The lowest BCUT2D eigenvalue weighted by Crippen LogP contribution is -2.52. The van der Waals surface area contributed by atoms with Crippen molar-refractivity contribution in [1.29, 1.82) is 0 Å². The van der Waals surface area contributed by atoms with E-state index in [1.54, 1.807) is 11.0 Å². The highest BCUT2D eigenvalue weighted by Crippen LogP contribution is 2.30. The number of hydrogen-bond donors (Lipinski definition) is 3. The number of carbonyl (C=O) groups excluding carboxylic acids is 3. The second kappa shape index (κ2) is 14.9. The number of imidazole rings is 1. The largest absolute Gasteiger partial charge is 0.494 e. The third-order valence-electron chi connectivity index (χ3n) is 7.76. The van der Waals surface area contributed by atoms with E-state index in [1.807, 2.05) is 4.90 Å². The van der Waals surface area contributed by atoms with Gasteiger partial charge in [-0.1, -0.05) is 11.6 Å². The van der Waals surface area contributed by atoms with E-state index in [2.05, 4.69) is 15.6 Å². The number of aromatic nitrogens is 2. The lowest BCUT2D eigenvalue weighted by atomic mass is 9.96. The van der Waals surface area contributed by atoms with Gasteiger partial charge in [0.2, 0.25) is 11.7 Å².